The lowest BCUT2D eigenvalue weighted by atomic mass is 10.1. The summed E-state index contributed by atoms with van der Waals surface area (Å²) in [4.78, 5) is 37.9. The number of fused-ring (bicyclic) bond motifs is 1. The molecule has 2 rings (SSSR count). The first kappa shape index (κ1) is 11.8. The topological polar surface area (TPSA) is 79.0 Å². The van der Waals surface area contributed by atoms with Crippen LogP contribution in [0.15, 0.2) is 0 Å². The molecule has 1 atom stereocenters. The number of rotatable bonds is 2. The van der Waals surface area contributed by atoms with Crippen LogP contribution >= 0.6 is 0 Å². The smallest absolute Gasteiger partial charge is 0.248 e. The molecule has 0 bridgehead atoms. The molecular weight excluding hydrogens is 226 g/mol. The minimum absolute atomic E-state index is 0.00227. The highest BCUT2D eigenvalue weighted by atomic mass is 16.5. The van der Waals surface area contributed by atoms with Crippen molar-refractivity contribution < 1.29 is 19.1 Å². The van der Waals surface area contributed by atoms with Crippen molar-refractivity contribution in [3.05, 3.63) is 0 Å². The van der Waals surface area contributed by atoms with Crippen molar-refractivity contribution in [2.24, 2.45) is 0 Å². The predicted molar refractivity (Wildman–Crippen MR) is 57.0 cm³/mol. The summed E-state index contributed by atoms with van der Waals surface area (Å²) in [7, 11) is 1.45. The van der Waals surface area contributed by atoms with E-state index in [2.05, 4.69) is 5.32 Å². The van der Waals surface area contributed by atoms with Crippen LogP contribution < -0.4 is 5.32 Å². The van der Waals surface area contributed by atoms with Gasteiger partial charge in [-0.1, -0.05) is 0 Å². The zero-order chi connectivity index (χ0) is 12.4. The van der Waals surface area contributed by atoms with Crippen LogP contribution in [-0.2, 0) is 19.1 Å². The van der Waals surface area contributed by atoms with Gasteiger partial charge in [0.15, 0.2) is 0 Å². The van der Waals surface area contributed by atoms with E-state index in [1.54, 1.807) is 4.90 Å². The molecule has 0 aromatic carbocycles. The van der Waals surface area contributed by atoms with Gasteiger partial charge in [0.05, 0.1) is 13.1 Å². The summed E-state index contributed by atoms with van der Waals surface area (Å²) in [6, 6.07) is -0.550. The molecule has 7 heteroatoms. The summed E-state index contributed by atoms with van der Waals surface area (Å²) >= 11 is 0. The number of hydrogen-bond donors (Lipinski definition) is 1. The van der Waals surface area contributed by atoms with Crippen LogP contribution in [-0.4, -0.2) is 73.5 Å². The molecule has 3 amide bonds. The molecule has 0 saturated carbocycles. The number of carbonyl (C=O) groups is 3. The van der Waals surface area contributed by atoms with E-state index in [9.17, 15) is 14.4 Å². The molecule has 0 aromatic rings. The highest BCUT2D eigenvalue weighted by Gasteiger charge is 2.39. The normalized spacial score (nSPS) is 24.4. The van der Waals surface area contributed by atoms with Crippen LogP contribution in [0.3, 0.4) is 0 Å². The van der Waals surface area contributed by atoms with Crippen molar-refractivity contribution in [2.75, 3.05) is 39.9 Å². The highest BCUT2D eigenvalue weighted by molar-refractivity contribution is 5.95. The zero-order valence-corrected chi connectivity index (χ0v) is 9.64. The van der Waals surface area contributed by atoms with E-state index in [4.69, 9.17) is 4.74 Å². The van der Waals surface area contributed by atoms with Crippen LogP contribution in [0.5, 0.6) is 0 Å². The third kappa shape index (κ3) is 2.23. The standard InChI is InChI=1S/C10H15N3O4/c1-17-6-9(15)12-2-3-13-7(5-12)10(16)11-4-8(13)14/h7H,2-6H2,1H3,(H,11,16). The van der Waals surface area contributed by atoms with Crippen LogP contribution in [0.1, 0.15) is 0 Å². The molecule has 0 aromatic heterocycles. The Hall–Kier alpha value is -1.63. The van der Waals surface area contributed by atoms with Gasteiger partial charge in [0, 0.05) is 20.2 Å². The molecule has 2 aliphatic heterocycles. The van der Waals surface area contributed by atoms with Crippen molar-refractivity contribution in [1.82, 2.24) is 15.1 Å². The number of hydrogen-bond acceptors (Lipinski definition) is 4. The lowest BCUT2D eigenvalue weighted by Crippen LogP contribution is -2.66. The third-order valence-electron chi connectivity index (χ3n) is 3.04. The van der Waals surface area contributed by atoms with Crippen molar-refractivity contribution in [3.63, 3.8) is 0 Å². The summed E-state index contributed by atoms with van der Waals surface area (Å²) in [6.07, 6.45) is 0. The van der Waals surface area contributed by atoms with E-state index in [0.717, 1.165) is 0 Å². The van der Waals surface area contributed by atoms with E-state index in [-0.39, 0.29) is 37.4 Å². The molecule has 2 aliphatic rings. The Balaban J connectivity index is 2.04. The van der Waals surface area contributed by atoms with E-state index in [0.29, 0.717) is 13.1 Å². The van der Waals surface area contributed by atoms with Crippen LogP contribution in [0.4, 0.5) is 0 Å². The lowest BCUT2D eigenvalue weighted by molar-refractivity contribution is -0.153. The molecule has 7 nitrogen and oxygen atoms in total. The minimum Gasteiger partial charge on any atom is -0.375 e. The number of nitrogens with zero attached hydrogens (tertiary/aromatic N) is 2. The Morgan fingerprint density at radius 1 is 1.47 bits per heavy atom. The fourth-order valence-corrected chi connectivity index (χ4v) is 2.13. The molecule has 2 saturated heterocycles. The maximum absolute atomic E-state index is 11.6. The van der Waals surface area contributed by atoms with Gasteiger partial charge in [0.2, 0.25) is 17.7 Å². The zero-order valence-electron chi connectivity index (χ0n) is 9.64. The number of nitrogens with one attached hydrogen (secondary N) is 1. The van der Waals surface area contributed by atoms with Gasteiger partial charge in [-0.25, -0.2) is 0 Å². The summed E-state index contributed by atoms with van der Waals surface area (Å²) in [5, 5.41) is 2.52. The van der Waals surface area contributed by atoms with Gasteiger partial charge in [-0.15, -0.1) is 0 Å². The van der Waals surface area contributed by atoms with Gasteiger partial charge < -0.3 is 19.9 Å². The molecule has 17 heavy (non-hydrogen) atoms. The minimum atomic E-state index is -0.550. The van der Waals surface area contributed by atoms with E-state index in [1.807, 2.05) is 0 Å². The van der Waals surface area contributed by atoms with Gasteiger partial charge >= 0.3 is 0 Å². The number of carbonyl (C=O) groups excluding carboxylic acids is 3. The average Bonchev–Trinajstić information content (AvgIpc) is 2.34. The number of methoxy groups -OCH3 is 1. The van der Waals surface area contributed by atoms with Gasteiger partial charge in [-0.3, -0.25) is 14.4 Å². The van der Waals surface area contributed by atoms with Gasteiger partial charge in [-0.05, 0) is 0 Å². The van der Waals surface area contributed by atoms with Crippen molar-refractivity contribution in [2.45, 2.75) is 6.04 Å². The van der Waals surface area contributed by atoms with E-state index >= 15 is 0 Å². The van der Waals surface area contributed by atoms with Gasteiger partial charge in [0.25, 0.3) is 0 Å². The molecule has 0 radical (unpaired) electrons. The second kappa shape index (κ2) is 4.70. The summed E-state index contributed by atoms with van der Waals surface area (Å²) < 4.78 is 4.77. The van der Waals surface area contributed by atoms with E-state index in [1.165, 1.54) is 12.0 Å². The third-order valence-corrected chi connectivity index (χ3v) is 3.04. The molecule has 2 fully saturated rings. The van der Waals surface area contributed by atoms with E-state index < -0.39 is 6.04 Å². The second-order valence-electron chi connectivity index (χ2n) is 4.09. The van der Waals surface area contributed by atoms with Crippen LogP contribution in [0.25, 0.3) is 0 Å². The first-order chi connectivity index (χ1) is 8.13. The predicted octanol–water partition coefficient (Wildman–Crippen LogP) is -2.20. The average molecular weight is 241 g/mol. The number of amides is 3. The fraction of sp³-hybridized carbons (Fsp3) is 0.700. The molecule has 1 unspecified atom stereocenters. The first-order valence-corrected chi connectivity index (χ1v) is 5.47. The van der Waals surface area contributed by atoms with Crippen molar-refractivity contribution in [3.8, 4) is 0 Å². The molecular formula is C10H15N3O4. The Bertz CT molecular complexity index is 357. The molecule has 1 N–H and O–H groups in total. The Morgan fingerprint density at radius 3 is 2.94 bits per heavy atom. The SMILES string of the molecule is COCC(=O)N1CCN2C(=O)CNC(=O)C2C1. The lowest BCUT2D eigenvalue weighted by Gasteiger charge is -2.42. The molecule has 2 heterocycles. The van der Waals surface area contributed by atoms with Gasteiger partial charge in [0.1, 0.15) is 12.6 Å². The monoisotopic (exact) mass is 241 g/mol. The van der Waals surface area contributed by atoms with Crippen molar-refractivity contribution in [1.29, 1.82) is 0 Å². The second-order valence-corrected chi connectivity index (χ2v) is 4.09. The highest BCUT2D eigenvalue weighted by Crippen LogP contribution is 2.13. The Kier molecular flexibility index (Phi) is 3.28. The molecule has 0 aliphatic carbocycles. The number of ether oxygens (including phenoxy) is 1. The summed E-state index contributed by atoms with van der Waals surface area (Å²) in [6.45, 7) is 1.17. The van der Waals surface area contributed by atoms with Crippen molar-refractivity contribution >= 4 is 17.7 Å². The number of piperazine rings is 2. The van der Waals surface area contributed by atoms with Gasteiger partial charge in [-0.2, -0.15) is 0 Å². The summed E-state index contributed by atoms with van der Waals surface area (Å²) in [5.41, 5.74) is 0. The largest absolute Gasteiger partial charge is 0.375 e. The van der Waals surface area contributed by atoms with Crippen LogP contribution in [0, 0.1) is 0 Å². The first-order valence-electron chi connectivity index (χ1n) is 5.47. The maximum Gasteiger partial charge on any atom is 0.248 e. The fourth-order valence-electron chi connectivity index (χ4n) is 2.13. The quantitative estimate of drug-likeness (QED) is 0.595. The molecule has 0 spiro atoms. The molecule has 94 valence electrons. The van der Waals surface area contributed by atoms with Crippen LogP contribution in [0.2, 0.25) is 0 Å². The Morgan fingerprint density at radius 2 is 2.24 bits per heavy atom. The maximum atomic E-state index is 11.6. The summed E-state index contributed by atoms with van der Waals surface area (Å²) in [5.74, 6) is -0.439. The Labute approximate surface area is 98.7 Å².